The summed E-state index contributed by atoms with van der Waals surface area (Å²) in [4.78, 5) is 34.2. The lowest BCUT2D eigenvalue weighted by atomic mass is 10.2. The Morgan fingerprint density at radius 2 is 1.70 bits per heavy atom. The molecule has 2 aromatic rings. The van der Waals surface area contributed by atoms with Gasteiger partial charge in [-0.05, 0) is 36.8 Å². The Balaban J connectivity index is 1.79. The van der Waals surface area contributed by atoms with Gasteiger partial charge in [-0.25, -0.2) is 0 Å². The Morgan fingerprint density at radius 3 is 2.30 bits per heavy atom. The molecular weight excluding hydrogens is 370 g/mol. The fourth-order valence-electron chi connectivity index (χ4n) is 2.15. The average molecular weight is 389 g/mol. The van der Waals surface area contributed by atoms with Crippen molar-refractivity contribution in [3.63, 3.8) is 0 Å². The van der Waals surface area contributed by atoms with Gasteiger partial charge in [-0.2, -0.15) is 0 Å². The van der Waals surface area contributed by atoms with Crippen molar-refractivity contribution in [2.45, 2.75) is 6.92 Å². The molecule has 142 valence electrons. The fraction of sp³-hybridized carbons (Fsp3) is 0.222. The van der Waals surface area contributed by atoms with E-state index in [9.17, 15) is 19.7 Å². The van der Waals surface area contributed by atoms with Crippen molar-refractivity contribution in [1.82, 2.24) is 0 Å². The summed E-state index contributed by atoms with van der Waals surface area (Å²) in [6.45, 7) is 1.74. The third-order valence-corrected chi connectivity index (χ3v) is 4.48. The SMILES string of the molecule is COc1ccc(NC(=O)CSCC(=O)Nc2cc([N+](=O)[O-])ccc2C)cc1. The minimum absolute atomic E-state index is 0.0537. The van der Waals surface area contributed by atoms with Gasteiger partial charge in [0.05, 0.1) is 29.2 Å². The number of non-ortho nitro benzene ring substituents is 1. The first kappa shape index (κ1) is 20.2. The number of nitro benzene ring substituents is 1. The molecule has 0 saturated carbocycles. The summed E-state index contributed by atoms with van der Waals surface area (Å²) in [5, 5.41) is 16.2. The lowest BCUT2D eigenvalue weighted by Crippen LogP contribution is -2.18. The van der Waals surface area contributed by atoms with Crippen LogP contribution in [0.5, 0.6) is 5.75 Å². The number of nitro groups is 1. The van der Waals surface area contributed by atoms with E-state index in [1.807, 2.05) is 0 Å². The number of hydrogen-bond donors (Lipinski definition) is 2. The number of anilines is 2. The number of rotatable bonds is 8. The highest BCUT2D eigenvalue weighted by molar-refractivity contribution is 8.00. The van der Waals surface area contributed by atoms with Crippen LogP contribution in [-0.4, -0.2) is 35.4 Å². The quantitative estimate of drug-likeness (QED) is 0.530. The number of hydrogen-bond acceptors (Lipinski definition) is 6. The number of methoxy groups -OCH3 is 1. The van der Waals surface area contributed by atoms with Crippen molar-refractivity contribution >= 4 is 40.6 Å². The lowest BCUT2D eigenvalue weighted by Gasteiger charge is -2.09. The van der Waals surface area contributed by atoms with E-state index in [1.165, 1.54) is 12.1 Å². The van der Waals surface area contributed by atoms with Crippen LogP contribution in [-0.2, 0) is 9.59 Å². The van der Waals surface area contributed by atoms with Crippen LogP contribution in [0.1, 0.15) is 5.56 Å². The predicted molar refractivity (Wildman–Crippen MR) is 105 cm³/mol. The third-order valence-electron chi connectivity index (χ3n) is 3.55. The number of carbonyl (C=O) groups is 2. The summed E-state index contributed by atoms with van der Waals surface area (Å²) in [6, 6.07) is 11.2. The van der Waals surface area contributed by atoms with E-state index in [1.54, 1.807) is 44.4 Å². The zero-order valence-electron chi connectivity index (χ0n) is 14.9. The van der Waals surface area contributed by atoms with E-state index in [2.05, 4.69) is 10.6 Å². The largest absolute Gasteiger partial charge is 0.497 e. The van der Waals surface area contributed by atoms with Crippen LogP contribution >= 0.6 is 11.8 Å². The maximum Gasteiger partial charge on any atom is 0.271 e. The number of aryl methyl sites for hydroxylation is 1. The molecule has 0 aliphatic rings. The lowest BCUT2D eigenvalue weighted by molar-refractivity contribution is -0.384. The van der Waals surface area contributed by atoms with E-state index >= 15 is 0 Å². The Labute approximate surface area is 160 Å². The Morgan fingerprint density at radius 1 is 1.07 bits per heavy atom. The Hall–Kier alpha value is -3.07. The molecule has 0 aromatic heterocycles. The molecule has 2 N–H and O–H groups in total. The zero-order valence-corrected chi connectivity index (χ0v) is 15.7. The van der Waals surface area contributed by atoms with Crippen LogP contribution < -0.4 is 15.4 Å². The van der Waals surface area contributed by atoms with Gasteiger partial charge in [0.2, 0.25) is 11.8 Å². The molecule has 2 rings (SSSR count). The molecule has 0 aliphatic carbocycles. The van der Waals surface area contributed by atoms with Gasteiger partial charge in [-0.3, -0.25) is 19.7 Å². The molecule has 0 unspecified atom stereocenters. The number of nitrogens with zero attached hydrogens (tertiary/aromatic N) is 1. The monoisotopic (exact) mass is 389 g/mol. The molecule has 0 atom stereocenters. The standard InChI is InChI=1S/C18H19N3O5S/c1-12-3-6-14(21(24)25)9-16(12)20-18(23)11-27-10-17(22)19-13-4-7-15(26-2)8-5-13/h3-9H,10-11H2,1-2H3,(H,19,22)(H,20,23). The van der Waals surface area contributed by atoms with Gasteiger partial charge in [0.1, 0.15) is 5.75 Å². The summed E-state index contributed by atoms with van der Waals surface area (Å²) in [6.07, 6.45) is 0. The van der Waals surface area contributed by atoms with E-state index in [-0.39, 0.29) is 29.0 Å². The van der Waals surface area contributed by atoms with Crippen LogP contribution in [0.3, 0.4) is 0 Å². The van der Waals surface area contributed by atoms with Crippen molar-refractivity contribution in [3.8, 4) is 5.75 Å². The van der Waals surface area contributed by atoms with E-state index < -0.39 is 4.92 Å². The molecule has 0 spiro atoms. The van der Waals surface area contributed by atoms with Gasteiger partial charge in [0, 0.05) is 17.8 Å². The van der Waals surface area contributed by atoms with Gasteiger partial charge < -0.3 is 15.4 Å². The summed E-state index contributed by atoms with van der Waals surface area (Å²) >= 11 is 1.15. The minimum atomic E-state index is -0.520. The fourth-order valence-corrected chi connectivity index (χ4v) is 2.77. The molecule has 0 bridgehead atoms. The predicted octanol–water partition coefficient (Wildman–Crippen LogP) is 3.22. The van der Waals surface area contributed by atoms with Crippen molar-refractivity contribution in [2.75, 3.05) is 29.2 Å². The first-order valence-electron chi connectivity index (χ1n) is 7.95. The van der Waals surface area contributed by atoms with Crippen molar-refractivity contribution < 1.29 is 19.2 Å². The molecule has 0 aliphatic heterocycles. The average Bonchev–Trinajstić information content (AvgIpc) is 2.64. The topological polar surface area (TPSA) is 111 Å². The molecule has 9 heteroatoms. The maximum absolute atomic E-state index is 12.0. The number of carbonyl (C=O) groups excluding carboxylic acids is 2. The van der Waals surface area contributed by atoms with E-state index in [4.69, 9.17) is 4.74 Å². The normalized spacial score (nSPS) is 10.1. The van der Waals surface area contributed by atoms with Crippen molar-refractivity contribution in [2.24, 2.45) is 0 Å². The summed E-state index contributed by atoms with van der Waals surface area (Å²) in [7, 11) is 1.56. The Bertz CT molecular complexity index is 839. The van der Waals surface area contributed by atoms with Gasteiger partial charge in [-0.15, -0.1) is 11.8 Å². The molecule has 2 aromatic carbocycles. The first-order chi connectivity index (χ1) is 12.9. The van der Waals surface area contributed by atoms with E-state index in [0.717, 1.165) is 17.3 Å². The van der Waals surface area contributed by atoms with Crippen molar-refractivity contribution in [1.29, 1.82) is 0 Å². The van der Waals surface area contributed by atoms with Crippen LogP contribution in [0.4, 0.5) is 17.1 Å². The summed E-state index contributed by atoms with van der Waals surface area (Å²) in [5.74, 6) is 0.284. The summed E-state index contributed by atoms with van der Waals surface area (Å²) in [5.41, 5.74) is 1.65. The van der Waals surface area contributed by atoms with Crippen LogP contribution in [0.25, 0.3) is 0 Å². The Kier molecular flexibility index (Phi) is 7.18. The number of nitrogens with one attached hydrogen (secondary N) is 2. The smallest absolute Gasteiger partial charge is 0.271 e. The highest BCUT2D eigenvalue weighted by Crippen LogP contribution is 2.22. The molecule has 0 fully saturated rings. The summed E-state index contributed by atoms with van der Waals surface area (Å²) < 4.78 is 5.04. The second kappa shape index (κ2) is 9.58. The van der Waals surface area contributed by atoms with Gasteiger partial charge in [-0.1, -0.05) is 6.07 Å². The van der Waals surface area contributed by atoms with Crippen LogP contribution in [0, 0.1) is 17.0 Å². The second-order valence-corrected chi connectivity index (χ2v) is 6.56. The van der Waals surface area contributed by atoms with Gasteiger partial charge in [0.25, 0.3) is 5.69 Å². The molecule has 27 heavy (non-hydrogen) atoms. The van der Waals surface area contributed by atoms with Crippen LogP contribution in [0.15, 0.2) is 42.5 Å². The number of benzene rings is 2. The molecule has 0 radical (unpaired) electrons. The van der Waals surface area contributed by atoms with E-state index in [0.29, 0.717) is 17.1 Å². The minimum Gasteiger partial charge on any atom is -0.497 e. The molecule has 0 saturated heterocycles. The molecule has 2 amide bonds. The third kappa shape index (κ3) is 6.30. The molecule has 0 heterocycles. The highest BCUT2D eigenvalue weighted by Gasteiger charge is 2.12. The number of amides is 2. The maximum atomic E-state index is 12.0. The van der Waals surface area contributed by atoms with Gasteiger partial charge in [0.15, 0.2) is 0 Å². The van der Waals surface area contributed by atoms with Crippen molar-refractivity contribution in [3.05, 3.63) is 58.1 Å². The highest BCUT2D eigenvalue weighted by atomic mass is 32.2. The first-order valence-corrected chi connectivity index (χ1v) is 9.11. The number of thioether (sulfide) groups is 1. The molecule has 8 nitrogen and oxygen atoms in total. The number of ether oxygens (including phenoxy) is 1. The van der Waals surface area contributed by atoms with Crippen LogP contribution in [0.2, 0.25) is 0 Å². The second-order valence-electron chi connectivity index (χ2n) is 5.57. The zero-order chi connectivity index (χ0) is 19.8. The molecular formula is C18H19N3O5S. The van der Waals surface area contributed by atoms with Gasteiger partial charge >= 0.3 is 0 Å².